The largest absolute Gasteiger partial charge is 0.392 e. The Bertz CT molecular complexity index is 562. The van der Waals surface area contributed by atoms with E-state index in [1.54, 1.807) is 0 Å². The predicted molar refractivity (Wildman–Crippen MR) is 117 cm³/mol. The molecule has 164 valence electrons. The van der Waals surface area contributed by atoms with Crippen LogP contribution in [0.3, 0.4) is 0 Å². The summed E-state index contributed by atoms with van der Waals surface area (Å²) in [5.41, 5.74) is 1.51. The van der Waals surface area contributed by atoms with Crippen LogP contribution >= 0.6 is 0 Å². The minimum atomic E-state index is -0.325. The smallest absolute Gasteiger partial charge is 0.0749 e. The first-order valence-electron chi connectivity index (χ1n) is 12.2. The van der Waals surface area contributed by atoms with Gasteiger partial charge in [0.25, 0.3) is 0 Å². The molecule has 0 aromatic carbocycles. The van der Waals surface area contributed by atoms with E-state index in [2.05, 4.69) is 17.1 Å². The monoisotopic (exact) mass is 403 g/mol. The fourth-order valence-corrected chi connectivity index (χ4v) is 6.27. The number of nitrogens with zero attached hydrogens (tertiary/aromatic N) is 1. The summed E-state index contributed by atoms with van der Waals surface area (Å²) < 4.78 is 5.89. The van der Waals surface area contributed by atoms with Crippen molar-refractivity contribution < 1.29 is 14.9 Å². The maximum absolute atomic E-state index is 10.5. The molecule has 0 amide bonds. The van der Waals surface area contributed by atoms with Gasteiger partial charge in [-0.3, -0.25) is 0 Å². The normalized spacial score (nSPS) is 36.4. The maximum Gasteiger partial charge on any atom is 0.0749 e. The molecule has 4 aliphatic rings. The average Bonchev–Trinajstić information content (AvgIpc) is 3.44. The number of aliphatic hydroxyl groups excluding tert-OH is 2. The van der Waals surface area contributed by atoms with Gasteiger partial charge in [-0.2, -0.15) is 0 Å². The van der Waals surface area contributed by atoms with Crippen LogP contribution in [0.4, 0.5) is 0 Å². The quantitative estimate of drug-likeness (QED) is 0.476. The molecule has 4 nitrogen and oxygen atoms in total. The van der Waals surface area contributed by atoms with E-state index in [1.165, 1.54) is 50.8 Å². The SMILES string of the molecule is O[C@@H]1C[C@@H]2CC(=CCOCCN3CCCCC3)C[C@@H]2[C@H]1/C=C/[C@H](O)C1CCCC1. The van der Waals surface area contributed by atoms with Crippen LogP contribution in [-0.2, 0) is 4.74 Å². The van der Waals surface area contributed by atoms with Crippen molar-refractivity contribution in [2.75, 3.05) is 32.8 Å². The highest BCUT2D eigenvalue weighted by Crippen LogP contribution is 2.50. The highest BCUT2D eigenvalue weighted by molar-refractivity contribution is 5.18. The lowest BCUT2D eigenvalue weighted by atomic mass is 9.89. The summed E-state index contributed by atoms with van der Waals surface area (Å²) in [5.74, 6) is 1.78. The van der Waals surface area contributed by atoms with Crippen LogP contribution in [0.15, 0.2) is 23.8 Å². The number of ether oxygens (including phenoxy) is 1. The molecule has 4 heteroatoms. The first-order valence-corrected chi connectivity index (χ1v) is 12.2. The Morgan fingerprint density at radius 3 is 2.66 bits per heavy atom. The minimum Gasteiger partial charge on any atom is -0.392 e. The molecule has 0 unspecified atom stereocenters. The van der Waals surface area contributed by atoms with Crippen LogP contribution in [0.25, 0.3) is 0 Å². The molecule has 2 N–H and O–H groups in total. The van der Waals surface area contributed by atoms with Crippen molar-refractivity contribution in [2.45, 2.75) is 76.4 Å². The van der Waals surface area contributed by atoms with Crippen LogP contribution < -0.4 is 0 Å². The van der Waals surface area contributed by atoms with E-state index in [0.29, 0.717) is 17.8 Å². The molecule has 0 aromatic heterocycles. The molecule has 4 fully saturated rings. The van der Waals surface area contributed by atoms with Crippen LogP contribution in [0.1, 0.15) is 64.2 Å². The number of rotatable bonds is 8. The lowest BCUT2D eigenvalue weighted by Crippen LogP contribution is -2.32. The Balaban J connectivity index is 1.20. The van der Waals surface area contributed by atoms with Crippen molar-refractivity contribution in [1.82, 2.24) is 4.90 Å². The molecule has 0 spiro atoms. The van der Waals surface area contributed by atoms with Crippen LogP contribution in [0.2, 0.25) is 0 Å². The first-order chi connectivity index (χ1) is 14.2. The third kappa shape index (κ3) is 5.72. The Morgan fingerprint density at radius 2 is 1.86 bits per heavy atom. The van der Waals surface area contributed by atoms with Gasteiger partial charge in [0, 0.05) is 12.5 Å². The van der Waals surface area contributed by atoms with E-state index in [1.807, 2.05) is 6.08 Å². The van der Waals surface area contributed by atoms with Crippen molar-refractivity contribution >= 4 is 0 Å². The molecule has 0 bridgehead atoms. The average molecular weight is 404 g/mol. The number of aliphatic hydroxyl groups is 2. The van der Waals surface area contributed by atoms with Crippen molar-refractivity contribution in [3.63, 3.8) is 0 Å². The van der Waals surface area contributed by atoms with Gasteiger partial charge in [0.15, 0.2) is 0 Å². The lowest BCUT2D eigenvalue weighted by Gasteiger charge is -2.25. The Morgan fingerprint density at radius 1 is 1.07 bits per heavy atom. The molecule has 1 saturated heterocycles. The Kier molecular flexibility index (Phi) is 7.85. The second kappa shape index (κ2) is 10.6. The van der Waals surface area contributed by atoms with Crippen molar-refractivity contribution in [3.8, 4) is 0 Å². The molecule has 5 atom stereocenters. The van der Waals surface area contributed by atoms with Gasteiger partial charge in [-0.05, 0) is 75.8 Å². The van der Waals surface area contributed by atoms with E-state index in [9.17, 15) is 10.2 Å². The predicted octanol–water partition coefficient (Wildman–Crippen LogP) is 3.93. The van der Waals surface area contributed by atoms with Gasteiger partial charge in [-0.15, -0.1) is 0 Å². The second-order valence-electron chi connectivity index (χ2n) is 9.97. The van der Waals surface area contributed by atoms with Gasteiger partial charge in [-0.1, -0.05) is 43.1 Å². The van der Waals surface area contributed by atoms with E-state index in [4.69, 9.17) is 4.74 Å². The standard InChI is InChI=1S/C25H41NO3/c27-24(20-6-2-3-7-20)9-8-22-23-17-19(16-21(23)18-25(22)28)10-14-29-15-13-26-11-4-1-5-12-26/h8-10,20-25,27-28H,1-7,11-18H2/b9-8+,19-10?/t21-,22+,23-,24-,25+/m0/s1. The molecule has 1 aliphatic heterocycles. The second-order valence-corrected chi connectivity index (χ2v) is 9.97. The zero-order valence-electron chi connectivity index (χ0n) is 18.1. The van der Waals surface area contributed by atoms with Gasteiger partial charge in [-0.25, -0.2) is 0 Å². The minimum absolute atomic E-state index is 0.210. The third-order valence-electron chi connectivity index (χ3n) is 8.01. The van der Waals surface area contributed by atoms with Crippen molar-refractivity contribution in [3.05, 3.63) is 23.8 Å². The highest BCUT2D eigenvalue weighted by atomic mass is 16.5. The summed E-state index contributed by atoms with van der Waals surface area (Å²) in [5, 5.41) is 21.0. The molecule has 0 aromatic rings. The Labute approximate surface area is 177 Å². The molecular weight excluding hydrogens is 362 g/mol. The highest BCUT2D eigenvalue weighted by Gasteiger charge is 2.45. The molecule has 4 rings (SSSR count). The molecule has 29 heavy (non-hydrogen) atoms. The molecule has 1 heterocycles. The fraction of sp³-hybridized carbons (Fsp3) is 0.840. The summed E-state index contributed by atoms with van der Waals surface area (Å²) in [6, 6.07) is 0. The van der Waals surface area contributed by atoms with Gasteiger partial charge in [0.2, 0.25) is 0 Å². The number of allylic oxidation sites excluding steroid dienone is 1. The van der Waals surface area contributed by atoms with E-state index < -0.39 is 0 Å². The van der Waals surface area contributed by atoms with Gasteiger partial charge < -0.3 is 19.8 Å². The van der Waals surface area contributed by atoms with E-state index in [0.717, 1.165) is 51.9 Å². The zero-order chi connectivity index (χ0) is 20.1. The molecule has 3 saturated carbocycles. The summed E-state index contributed by atoms with van der Waals surface area (Å²) in [6.07, 6.45) is 17.9. The number of fused-ring (bicyclic) bond motifs is 1. The Hall–Kier alpha value is -0.680. The summed E-state index contributed by atoms with van der Waals surface area (Å²) in [4.78, 5) is 2.52. The van der Waals surface area contributed by atoms with E-state index >= 15 is 0 Å². The first kappa shape index (κ1) is 21.5. The van der Waals surface area contributed by atoms with Gasteiger partial charge in [0.05, 0.1) is 25.4 Å². The van der Waals surface area contributed by atoms with Crippen LogP contribution in [-0.4, -0.2) is 60.2 Å². The van der Waals surface area contributed by atoms with Gasteiger partial charge in [0.1, 0.15) is 0 Å². The number of hydrogen-bond acceptors (Lipinski definition) is 4. The topological polar surface area (TPSA) is 52.9 Å². The number of likely N-dealkylation sites (tertiary alicyclic amines) is 1. The van der Waals surface area contributed by atoms with Crippen LogP contribution in [0, 0.1) is 23.7 Å². The number of piperidine rings is 1. The van der Waals surface area contributed by atoms with Crippen molar-refractivity contribution in [1.29, 1.82) is 0 Å². The maximum atomic E-state index is 10.5. The lowest BCUT2D eigenvalue weighted by molar-refractivity contribution is 0.114. The molecule has 0 radical (unpaired) electrons. The fourth-order valence-electron chi connectivity index (χ4n) is 6.27. The summed E-state index contributed by atoms with van der Waals surface area (Å²) in [7, 11) is 0. The van der Waals surface area contributed by atoms with Crippen molar-refractivity contribution in [2.24, 2.45) is 23.7 Å². The summed E-state index contributed by atoms with van der Waals surface area (Å²) in [6.45, 7) is 5.10. The zero-order valence-corrected chi connectivity index (χ0v) is 18.1. The third-order valence-corrected chi connectivity index (χ3v) is 8.01. The number of hydrogen-bond donors (Lipinski definition) is 2. The molecular formula is C25H41NO3. The van der Waals surface area contributed by atoms with E-state index in [-0.39, 0.29) is 18.1 Å². The van der Waals surface area contributed by atoms with Gasteiger partial charge >= 0.3 is 0 Å². The van der Waals surface area contributed by atoms with Crippen LogP contribution in [0.5, 0.6) is 0 Å². The molecule has 3 aliphatic carbocycles. The summed E-state index contributed by atoms with van der Waals surface area (Å²) >= 11 is 0.